The quantitative estimate of drug-likeness (QED) is 0.775. The molecule has 0 saturated heterocycles. The summed E-state index contributed by atoms with van der Waals surface area (Å²) in [7, 11) is 0. The lowest BCUT2D eigenvalue weighted by atomic mass is 9.86. The lowest BCUT2D eigenvalue weighted by Crippen LogP contribution is -2.19. The zero-order valence-electron chi connectivity index (χ0n) is 9.82. The summed E-state index contributed by atoms with van der Waals surface area (Å²) in [5.74, 6) is 6.14. The molecule has 1 aromatic carbocycles. The maximum absolute atomic E-state index is 13.1. The lowest BCUT2D eigenvalue weighted by Gasteiger charge is -2.25. The van der Waals surface area contributed by atoms with Crippen LogP contribution < -0.4 is 10.6 Å². The van der Waals surface area contributed by atoms with Gasteiger partial charge in [-0.1, -0.05) is 6.42 Å². The topological polar surface area (TPSA) is 44.5 Å². The minimum Gasteiger partial charge on any atom is -0.493 e. The second-order valence-corrected chi connectivity index (χ2v) is 4.48. The fourth-order valence-corrected chi connectivity index (χ4v) is 1.92. The first-order valence-corrected chi connectivity index (χ1v) is 6.02. The number of halogens is 1. The molecule has 1 aliphatic carbocycles. The van der Waals surface area contributed by atoms with E-state index in [0.717, 1.165) is 17.9 Å². The van der Waals surface area contributed by atoms with Gasteiger partial charge in [-0.25, -0.2) is 10.3 Å². The molecule has 0 atom stereocenters. The molecule has 0 aliphatic heterocycles. The van der Waals surface area contributed by atoms with Crippen LogP contribution in [0.3, 0.4) is 0 Å². The van der Waals surface area contributed by atoms with Crippen LogP contribution in [0.15, 0.2) is 18.2 Å². The van der Waals surface area contributed by atoms with Gasteiger partial charge in [0, 0.05) is 6.42 Å². The zero-order chi connectivity index (χ0) is 12.1. The third-order valence-electron chi connectivity index (χ3n) is 3.21. The van der Waals surface area contributed by atoms with E-state index in [2.05, 4.69) is 4.84 Å². The van der Waals surface area contributed by atoms with Gasteiger partial charge in [-0.2, -0.15) is 0 Å². The Morgan fingerprint density at radius 2 is 2.18 bits per heavy atom. The van der Waals surface area contributed by atoms with E-state index in [1.54, 1.807) is 6.07 Å². The van der Waals surface area contributed by atoms with Gasteiger partial charge in [0.2, 0.25) is 0 Å². The van der Waals surface area contributed by atoms with Crippen LogP contribution in [0.1, 0.15) is 24.8 Å². The smallest absolute Gasteiger partial charge is 0.123 e. The standard InChI is InChI=1S/C13H18FNO2/c14-12-4-5-13(11(8-12)6-7-17-15)16-9-10-2-1-3-10/h4-5,8,10H,1-3,6-7,9,15H2. The Balaban J connectivity index is 1.97. The molecule has 0 amide bonds. The van der Waals surface area contributed by atoms with Gasteiger partial charge in [0.05, 0.1) is 13.2 Å². The third kappa shape index (κ3) is 3.41. The molecule has 2 rings (SSSR count). The molecule has 1 aromatic rings. The molecule has 2 N–H and O–H groups in total. The van der Waals surface area contributed by atoms with Crippen LogP contribution in [0.2, 0.25) is 0 Å². The molecule has 0 bridgehead atoms. The second kappa shape index (κ2) is 5.98. The van der Waals surface area contributed by atoms with Gasteiger partial charge in [0.1, 0.15) is 11.6 Å². The van der Waals surface area contributed by atoms with Crippen molar-refractivity contribution in [1.29, 1.82) is 0 Å². The number of rotatable bonds is 6. The van der Waals surface area contributed by atoms with Gasteiger partial charge in [-0.3, -0.25) is 0 Å². The van der Waals surface area contributed by atoms with E-state index in [1.165, 1.54) is 31.4 Å². The van der Waals surface area contributed by atoms with Crippen molar-refractivity contribution in [3.05, 3.63) is 29.6 Å². The molecule has 17 heavy (non-hydrogen) atoms. The Bertz CT molecular complexity index is 366. The molecule has 1 saturated carbocycles. The van der Waals surface area contributed by atoms with Crippen molar-refractivity contribution in [2.24, 2.45) is 11.8 Å². The Labute approximate surface area is 101 Å². The number of ether oxygens (including phenoxy) is 1. The average molecular weight is 239 g/mol. The summed E-state index contributed by atoms with van der Waals surface area (Å²) in [6.07, 6.45) is 4.34. The van der Waals surface area contributed by atoms with Crippen molar-refractivity contribution in [3.8, 4) is 5.75 Å². The molecular formula is C13H18FNO2. The predicted octanol–water partition coefficient (Wildman–Crippen LogP) is 2.44. The largest absolute Gasteiger partial charge is 0.493 e. The Kier molecular flexibility index (Phi) is 4.34. The van der Waals surface area contributed by atoms with Gasteiger partial charge in [-0.05, 0) is 42.5 Å². The van der Waals surface area contributed by atoms with Crippen LogP contribution >= 0.6 is 0 Å². The van der Waals surface area contributed by atoms with Crippen molar-refractivity contribution in [2.45, 2.75) is 25.7 Å². The van der Waals surface area contributed by atoms with E-state index < -0.39 is 0 Å². The normalized spacial score (nSPS) is 15.6. The van der Waals surface area contributed by atoms with Crippen molar-refractivity contribution >= 4 is 0 Å². The summed E-state index contributed by atoms with van der Waals surface area (Å²) in [4.78, 5) is 4.52. The van der Waals surface area contributed by atoms with Gasteiger partial charge in [0.15, 0.2) is 0 Å². The van der Waals surface area contributed by atoms with E-state index >= 15 is 0 Å². The monoisotopic (exact) mass is 239 g/mol. The SMILES string of the molecule is NOCCc1cc(F)ccc1OCC1CCC1. The van der Waals surface area contributed by atoms with E-state index in [9.17, 15) is 4.39 Å². The first-order valence-electron chi connectivity index (χ1n) is 6.02. The number of hydrogen-bond donors (Lipinski definition) is 1. The second-order valence-electron chi connectivity index (χ2n) is 4.48. The highest BCUT2D eigenvalue weighted by molar-refractivity contribution is 5.34. The summed E-state index contributed by atoms with van der Waals surface area (Å²) in [5.41, 5.74) is 0.815. The highest BCUT2D eigenvalue weighted by atomic mass is 19.1. The fraction of sp³-hybridized carbons (Fsp3) is 0.538. The highest BCUT2D eigenvalue weighted by Gasteiger charge is 2.18. The molecule has 3 nitrogen and oxygen atoms in total. The predicted molar refractivity (Wildman–Crippen MR) is 63.1 cm³/mol. The first-order chi connectivity index (χ1) is 8.29. The molecule has 0 aromatic heterocycles. The molecule has 0 heterocycles. The lowest BCUT2D eigenvalue weighted by molar-refractivity contribution is 0.139. The Morgan fingerprint density at radius 1 is 1.35 bits per heavy atom. The summed E-state index contributed by atoms with van der Waals surface area (Å²) in [6.45, 7) is 1.09. The summed E-state index contributed by atoms with van der Waals surface area (Å²) in [6, 6.07) is 4.58. The molecule has 1 aliphatic rings. The molecule has 0 spiro atoms. The third-order valence-corrected chi connectivity index (χ3v) is 3.21. The van der Waals surface area contributed by atoms with E-state index in [-0.39, 0.29) is 5.82 Å². The van der Waals surface area contributed by atoms with Crippen LogP contribution in [0.5, 0.6) is 5.75 Å². The minimum atomic E-state index is -0.256. The van der Waals surface area contributed by atoms with Crippen molar-refractivity contribution in [1.82, 2.24) is 0 Å². The number of benzene rings is 1. The molecule has 0 unspecified atom stereocenters. The van der Waals surface area contributed by atoms with Gasteiger partial charge >= 0.3 is 0 Å². The fourth-order valence-electron chi connectivity index (χ4n) is 1.92. The first kappa shape index (κ1) is 12.3. The molecule has 0 radical (unpaired) electrons. The van der Waals surface area contributed by atoms with Crippen LogP contribution in [-0.2, 0) is 11.3 Å². The van der Waals surface area contributed by atoms with E-state index in [1.807, 2.05) is 0 Å². The summed E-state index contributed by atoms with van der Waals surface area (Å²) in [5, 5.41) is 0. The number of hydrogen-bond acceptors (Lipinski definition) is 3. The van der Waals surface area contributed by atoms with E-state index in [0.29, 0.717) is 18.9 Å². The summed E-state index contributed by atoms with van der Waals surface area (Å²) >= 11 is 0. The van der Waals surface area contributed by atoms with Crippen LogP contribution in [0.25, 0.3) is 0 Å². The molecule has 1 fully saturated rings. The Hall–Kier alpha value is -1.13. The van der Waals surface area contributed by atoms with Gasteiger partial charge in [0.25, 0.3) is 0 Å². The number of nitrogens with two attached hydrogens (primary N) is 1. The minimum absolute atomic E-state index is 0.256. The molecule has 4 heteroatoms. The van der Waals surface area contributed by atoms with Crippen molar-refractivity contribution in [2.75, 3.05) is 13.2 Å². The molecule has 94 valence electrons. The van der Waals surface area contributed by atoms with Crippen LogP contribution in [-0.4, -0.2) is 13.2 Å². The zero-order valence-corrected chi connectivity index (χ0v) is 9.82. The maximum atomic E-state index is 13.1. The van der Waals surface area contributed by atoms with Gasteiger partial charge in [-0.15, -0.1) is 0 Å². The van der Waals surface area contributed by atoms with Crippen LogP contribution in [0.4, 0.5) is 4.39 Å². The maximum Gasteiger partial charge on any atom is 0.123 e. The summed E-state index contributed by atoms with van der Waals surface area (Å²) < 4.78 is 18.9. The van der Waals surface area contributed by atoms with Crippen LogP contribution in [0, 0.1) is 11.7 Å². The average Bonchev–Trinajstić information content (AvgIpc) is 2.26. The molecular weight excluding hydrogens is 221 g/mol. The highest BCUT2D eigenvalue weighted by Crippen LogP contribution is 2.28. The van der Waals surface area contributed by atoms with Crippen molar-refractivity contribution in [3.63, 3.8) is 0 Å². The van der Waals surface area contributed by atoms with Crippen molar-refractivity contribution < 1.29 is 14.0 Å². The van der Waals surface area contributed by atoms with Gasteiger partial charge < -0.3 is 9.57 Å². The van der Waals surface area contributed by atoms with E-state index in [4.69, 9.17) is 10.6 Å². The Morgan fingerprint density at radius 3 is 2.82 bits per heavy atom.